The van der Waals surface area contributed by atoms with Gasteiger partial charge in [-0.25, -0.2) is 4.98 Å². The molecule has 2 heterocycles. The number of aromatic nitrogens is 2. The van der Waals surface area contributed by atoms with E-state index in [1.807, 2.05) is 25.1 Å². The van der Waals surface area contributed by atoms with Crippen LogP contribution in [0, 0.1) is 13.8 Å². The maximum atomic E-state index is 5.31. The van der Waals surface area contributed by atoms with Gasteiger partial charge in [0.15, 0.2) is 0 Å². The Labute approximate surface area is 135 Å². The number of furan rings is 1. The van der Waals surface area contributed by atoms with Crippen molar-refractivity contribution in [2.24, 2.45) is 0 Å². The molecule has 0 saturated carbocycles. The van der Waals surface area contributed by atoms with Crippen LogP contribution in [-0.2, 0) is 13.1 Å². The third-order valence-electron chi connectivity index (χ3n) is 3.41. The molecule has 2 N–H and O–H groups in total. The number of nitrogens with one attached hydrogen (secondary N) is 2. The van der Waals surface area contributed by atoms with Crippen molar-refractivity contribution in [1.29, 1.82) is 0 Å². The number of anilines is 2. The first-order valence-corrected chi connectivity index (χ1v) is 7.60. The van der Waals surface area contributed by atoms with Crippen molar-refractivity contribution in [1.82, 2.24) is 9.97 Å². The summed E-state index contributed by atoms with van der Waals surface area (Å²) in [6.07, 6.45) is 1.66. The first-order chi connectivity index (χ1) is 11.2. The van der Waals surface area contributed by atoms with Crippen LogP contribution in [0.15, 0.2) is 53.1 Å². The molecule has 3 rings (SSSR count). The molecule has 1 aromatic carbocycles. The molecular weight excluding hydrogens is 288 g/mol. The molecule has 0 aliphatic heterocycles. The Balaban J connectivity index is 1.65. The summed E-state index contributed by atoms with van der Waals surface area (Å²) in [7, 11) is 0. The highest BCUT2D eigenvalue weighted by Crippen LogP contribution is 2.13. The third-order valence-corrected chi connectivity index (χ3v) is 3.41. The number of hydrogen-bond donors (Lipinski definition) is 2. The fourth-order valence-corrected chi connectivity index (χ4v) is 2.33. The quantitative estimate of drug-likeness (QED) is 0.723. The standard InChI is InChI=1S/C18H20N4O/c1-13-5-3-6-15(9-13)11-20-18-21-14(2)10-17(22-18)19-12-16-7-4-8-23-16/h3-10H,11-12H2,1-2H3,(H2,19,20,21,22). The minimum Gasteiger partial charge on any atom is -0.467 e. The van der Waals surface area contributed by atoms with Crippen molar-refractivity contribution >= 4 is 11.8 Å². The zero-order valence-corrected chi connectivity index (χ0v) is 13.3. The molecule has 3 aromatic rings. The number of rotatable bonds is 6. The third kappa shape index (κ3) is 4.32. The second-order valence-corrected chi connectivity index (χ2v) is 5.49. The van der Waals surface area contributed by atoms with E-state index in [4.69, 9.17) is 4.42 Å². The highest BCUT2D eigenvalue weighted by Gasteiger charge is 2.03. The molecule has 2 aromatic heterocycles. The van der Waals surface area contributed by atoms with Crippen molar-refractivity contribution in [3.63, 3.8) is 0 Å². The van der Waals surface area contributed by atoms with E-state index >= 15 is 0 Å². The van der Waals surface area contributed by atoms with Gasteiger partial charge in [-0.05, 0) is 31.5 Å². The summed E-state index contributed by atoms with van der Waals surface area (Å²) in [5.74, 6) is 2.27. The van der Waals surface area contributed by atoms with Crippen LogP contribution in [0.2, 0.25) is 0 Å². The Morgan fingerprint density at radius 3 is 2.65 bits per heavy atom. The lowest BCUT2D eigenvalue weighted by atomic mass is 10.1. The van der Waals surface area contributed by atoms with Gasteiger partial charge in [-0.1, -0.05) is 29.8 Å². The second-order valence-electron chi connectivity index (χ2n) is 5.49. The van der Waals surface area contributed by atoms with Gasteiger partial charge in [0.25, 0.3) is 0 Å². The topological polar surface area (TPSA) is 63.0 Å². The Kier molecular flexibility index (Phi) is 4.57. The van der Waals surface area contributed by atoms with Gasteiger partial charge in [-0.15, -0.1) is 0 Å². The van der Waals surface area contributed by atoms with Crippen LogP contribution >= 0.6 is 0 Å². The Hall–Kier alpha value is -2.82. The number of aryl methyl sites for hydroxylation is 2. The van der Waals surface area contributed by atoms with E-state index in [2.05, 4.69) is 51.8 Å². The van der Waals surface area contributed by atoms with Crippen LogP contribution in [0.25, 0.3) is 0 Å². The molecule has 0 fully saturated rings. The minimum absolute atomic E-state index is 0.598. The lowest BCUT2D eigenvalue weighted by Crippen LogP contribution is -2.08. The molecule has 0 radical (unpaired) electrons. The van der Waals surface area contributed by atoms with E-state index in [0.29, 0.717) is 19.0 Å². The Morgan fingerprint density at radius 2 is 1.87 bits per heavy atom. The lowest BCUT2D eigenvalue weighted by molar-refractivity contribution is 0.518. The van der Waals surface area contributed by atoms with E-state index in [9.17, 15) is 0 Å². The van der Waals surface area contributed by atoms with E-state index in [0.717, 1.165) is 17.3 Å². The van der Waals surface area contributed by atoms with E-state index in [1.165, 1.54) is 11.1 Å². The molecule has 5 heteroatoms. The van der Waals surface area contributed by atoms with Crippen molar-refractivity contribution < 1.29 is 4.42 Å². The summed E-state index contributed by atoms with van der Waals surface area (Å²) in [6.45, 7) is 5.34. The zero-order chi connectivity index (χ0) is 16.1. The van der Waals surface area contributed by atoms with Crippen LogP contribution in [0.5, 0.6) is 0 Å². The first kappa shape index (κ1) is 15.1. The number of hydrogen-bond acceptors (Lipinski definition) is 5. The van der Waals surface area contributed by atoms with Gasteiger partial charge in [0.2, 0.25) is 5.95 Å². The number of nitrogens with zero attached hydrogens (tertiary/aromatic N) is 2. The summed E-state index contributed by atoms with van der Waals surface area (Å²) in [4.78, 5) is 8.93. The molecule has 5 nitrogen and oxygen atoms in total. The summed E-state index contributed by atoms with van der Waals surface area (Å²) >= 11 is 0. The van der Waals surface area contributed by atoms with Gasteiger partial charge in [-0.2, -0.15) is 4.98 Å². The maximum Gasteiger partial charge on any atom is 0.225 e. The van der Waals surface area contributed by atoms with Crippen LogP contribution in [-0.4, -0.2) is 9.97 Å². The second kappa shape index (κ2) is 6.96. The zero-order valence-electron chi connectivity index (χ0n) is 13.3. The van der Waals surface area contributed by atoms with Crippen molar-refractivity contribution in [3.8, 4) is 0 Å². The van der Waals surface area contributed by atoms with Crippen molar-refractivity contribution in [2.45, 2.75) is 26.9 Å². The molecule has 0 spiro atoms. The molecule has 23 heavy (non-hydrogen) atoms. The Bertz CT molecular complexity index is 768. The van der Waals surface area contributed by atoms with Crippen LogP contribution in [0.3, 0.4) is 0 Å². The molecule has 118 valence electrons. The van der Waals surface area contributed by atoms with Gasteiger partial charge in [0, 0.05) is 18.3 Å². The summed E-state index contributed by atoms with van der Waals surface area (Å²) in [5.41, 5.74) is 3.36. The molecular formula is C18H20N4O. The van der Waals surface area contributed by atoms with Crippen LogP contribution in [0.4, 0.5) is 11.8 Å². The van der Waals surface area contributed by atoms with E-state index < -0.39 is 0 Å². The van der Waals surface area contributed by atoms with E-state index in [1.54, 1.807) is 6.26 Å². The first-order valence-electron chi connectivity index (χ1n) is 7.60. The van der Waals surface area contributed by atoms with Gasteiger partial charge >= 0.3 is 0 Å². The van der Waals surface area contributed by atoms with Crippen molar-refractivity contribution in [3.05, 3.63) is 71.3 Å². The van der Waals surface area contributed by atoms with Gasteiger partial charge in [0.05, 0.1) is 12.8 Å². The molecule has 0 atom stereocenters. The lowest BCUT2D eigenvalue weighted by Gasteiger charge is -2.09. The Morgan fingerprint density at radius 1 is 0.957 bits per heavy atom. The molecule has 0 aliphatic rings. The molecule has 0 amide bonds. The van der Waals surface area contributed by atoms with Gasteiger partial charge in [-0.3, -0.25) is 0 Å². The fraction of sp³-hybridized carbons (Fsp3) is 0.222. The highest BCUT2D eigenvalue weighted by molar-refractivity contribution is 5.42. The fourth-order valence-electron chi connectivity index (χ4n) is 2.33. The molecule has 0 saturated heterocycles. The van der Waals surface area contributed by atoms with Crippen molar-refractivity contribution in [2.75, 3.05) is 10.6 Å². The SMILES string of the molecule is Cc1cccc(CNc2nc(C)cc(NCc3ccco3)n2)c1. The largest absolute Gasteiger partial charge is 0.467 e. The van der Waals surface area contributed by atoms with E-state index in [-0.39, 0.29) is 0 Å². The predicted octanol–water partition coefficient (Wildman–Crippen LogP) is 3.91. The smallest absolute Gasteiger partial charge is 0.225 e. The molecule has 0 bridgehead atoms. The van der Waals surface area contributed by atoms with Crippen LogP contribution < -0.4 is 10.6 Å². The summed E-state index contributed by atoms with van der Waals surface area (Å²) in [5, 5.41) is 6.53. The summed E-state index contributed by atoms with van der Waals surface area (Å²) < 4.78 is 5.31. The maximum absolute atomic E-state index is 5.31. The minimum atomic E-state index is 0.598. The number of benzene rings is 1. The van der Waals surface area contributed by atoms with Gasteiger partial charge in [0.1, 0.15) is 11.6 Å². The average molecular weight is 308 g/mol. The van der Waals surface area contributed by atoms with Gasteiger partial charge < -0.3 is 15.1 Å². The molecule has 0 unspecified atom stereocenters. The average Bonchev–Trinajstić information content (AvgIpc) is 3.04. The predicted molar refractivity (Wildman–Crippen MR) is 91.3 cm³/mol. The highest BCUT2D eigenvalue weighted by atomic mass is 16.3. The van der Waals surface area contributed by atoms with Crippen LogP contribution in [0.1, 0.15) is 22.6 Å². The summed E-state index contributed by atoms with van der Waals surface area (Å²) in [6, 6.07) is 14.1. The monoisotopic (exact) mass is 308 g/mol. The normalized spacial score (nSPS) is 10.5. The molecule has 0 aliphatic carbocycles.